The Morgan fingerprint density at radius 1 is 1.11 bits per heavy atom. The zero-order chi connectivity index (χ0) is 13.2. The smallest absolute Gasteiger partial charge is 0.123 e. The van der Waals surface area contributed by atoms with Gasteiger partial charge in [-0.1, -0.05) is 26.0 Å². The van der Waals surface area contributed by atoms with Crippen molar-refractivity contribution in [2.45, 2.75) is 25.3 Å². The van der Waals surface area contributed by atoms with Crippen LogP contribution in [0.1, 0.15) is 31.0 Å². The molecule has 2 N–H and O–H groups in total. The summed E-state index contributed by atoms with van der Waals surface area (Å²) in [5.41, 5.74) is 7.80. The second kappa shape index (κ2) is 4.82. The van der Waals surface area contributed by atoms with Gasteiger partial charge in [0.25, 0.3) is 0 Å². The number of hydrogen-bond acceptors (Lipinski definition) is 3. The molecule has 1 unspecified atom stereocenters. The van der Waals surface area contributed by atoms with E-state index in [1.54, 1.807) is 24.5 Å². The molecule has 2 aromatic rings. The van der Waals surface area contributed by atoms with Crippen LogP contribution in [0.15, 0.2) is 43.0 Å². The van der Waals surface area contributed by atoms with Crippen molar-refractivity contribution in [2.24, 2.45) is 5.73 Å². The summed E-state index contributed by atoms with van der Waals surface area (Å²) in [6.07, 6.45) is 4.90. The monoisotopic (exact) mass is 245 g/mol. The van der Waals surface area contributed by atoms with Crippen LogP contribution in [-0.2, 0) is 5.41 Å². The average Bonchev–Trinajstić information content (AvgIpc) is 2.39. The van der Waals surface area contributed by atoms with Gasteiger partial charge in [0, 0.05) is 29.4 Å². The third kappa shape index (κ3) is 2.38. The average molecular weight is 245 g/mol. The number of halogens is 1. The fraction of sp³-hybridized carbons (Fsp3) is 0.286. The van der Waals surface area contributed by atoms with Crippen molar-refractivity contribution in [3.8, 4) is 0 Å². The summed E-state index contributed by atoms with van der Waals surface area (Å²) in [5, 5.41) is 0. The topological polar surface area (TPSA) is 51.8 Å². The van der Waals surface area contributed by atoms with Gasteiger partial charge in [0.05, 0.1) is 0 Å². The summed E-state index contributed by atoms with van der Waals surface area (Å²) >= 11 is 0. The SMILES string of the molecule is CC(C)(c1ccc(F)cc1)C(N)c1cncnc1. The lowest BCUT2D eigenvalue weighted by Crippen LogP contribution is -2.33. The first-order valence-electron chi connectivity index (χ1n) is 5.78. The van der Waals surface area contributed by atoms with E-state index in [-0.39, 0.29) is 17.3 Å². The van der Waals surface area contributed by atoms with E-state index in [0.29, 0.717) is 0 Å². The molecule has 0 bridgehead atoms. The van der Waals surface area contributed by atoms with Gasteiger partial charge in [0.15, 0.2) is 0 Å². The Bertz CT molecular complexity index is 508. The third-order valence-corrected chi connectivity index (χ3v) is 3.31. The van der Waals surface area contributed by atoms with Crippen LogP contribution in [0.2, 0.25) is 0 Å². The summed E-state index contributed by atoms with van der Waals surface area (Å²) in [6.45, 7) is 4.05. The highest BCUT2D eigenvalue weighted by Gasteiger charge is 2.30. The zero-order valence-corrected chi connectivity index (χ0v) is 10.5. The molecule has 0 saturated carbocycles. The third-order valence-electron chi connectivity index (χ3n) is 3.31. The van der Waals surface area contributed by atoms with Gasteiger partial charge >= 0.3 is 0 Å². The molecule has 0 fully saturated rings. The van der Waals surface area contributed by atoms with Crippen molar-refractivity contribution in [3.63, 3.8) is 0 Å². The summed E-state index contributed by atoms with van der Waals surface area (Å²) in [5.74, 6) is -0.244. The highest BCUT2D eigenvalue weighted by atomic mass is 19.1. The molecule has 4 heteroatoms. The lowest BCUT2D eigenvalue weighted by Gasteiger charge is -2.32. The van der Waals surface area contributed by atoms with Gasteiger partial charge in [0.2, 0.25) is 0 Å². The van der Waals surface area contributed by atoms with Gasteiger partial charge in [0.1, 0.15) is 12.1 Å². The standard InChI is InChI=1S/C14H16FN3/c1-14(2,11-3-5-12(15)6-4-11)13(16)10-7-17-9-18-8-10/h3-9,13H,16H2,1-2H3. The van der Waals surface area contributed by atoms with Crippen LogP contribution >= 0.6 is 0 Å². The van der Waals surface area contributed by atoms with Gasteiger partial charge in [-0.2, -0.15) is 0 Å². The Morgan fingerprint density at radius 2 is 1.67 bits per heavy atom. The van der Waals surface area contributed by atoms with E-state index in [1.165, 1.54) is 18.5 Å². The lowest BCUT2D eigenvalue weighted by atomic mass is 9.76. The van der Waals surface area contributed by atoms with E-state index in [9.17, 15) is 4.39 Å². The first-order chi connectivity index (χ1) is 8.51. The number of benzene rings is 1. The Kier molecular flexibility index (Phi) is 3.39. The number of hydrogen-bond donors (Lipinski definition) is 1. The Morgan fingerprint density at radius 3 is 2.22 bits per heavy atom. The fourth-order valence-corrected chi connectivity index (χ4v) is 1.95. The Balaban J connectivity index is 2.33. The van der Waals surface area contributed by atoms with Crippen molar-refractivity contribution >= 4 is 0 Å². The van der Waals surface area contributed by atoms with E-state index in [0.717, 1.165) is 11.1 Å². The van der Waals surface area contributed by atoms with Crippen LogP contribution in [0, 0.1) is 5.82 Å². The second-order valence-corrected chi connectivity index (χ2v) is 4.88. The molecule has 0 aliphatic rings. The summed E-state index contributed by atoms with van der Waals surface area (Å²) in [4.78, 5) is 7.95. The van der Waals surface area contributed by atoms with Gasteiger partial charge in [-0.25, -0.2) is 14.4 Å². The maximum absolute atomic E-state index is 12.9. The normalized spacial score (nSPS) is 13.3. The molecule has 0 saturated heterocycles. The molecule has 0 radical (unpaired) electrons. The largest absolute Gasteiger partial charge is 0.323 e. The first-order valence-corrected chi connectivity index (χ1v) is 5.78. The van der Waals surface area contributed by atoms with Crippen LogP contribution in [-0.4, -0.2) is 9.97 Å². The molecular formula is C14H16FN3. The minimum Gasteiger partial charge on any atom is -0.323 e. The van der Waals surface area contributed by atoms with Crippen LogP contribution in [0.25, 0.3) is 0 Å². The summed E-state index contributed by atoms with van der Waals surface area (Å²) in [6, 6.07) is 6.18. The van der Waals surface area contributed by atoms with E-state index >= 15 is 0 Å². The fourth-order valence-electron chi connectivity index (χ4n) is 1.95. The summed E-state index contributed by atoms with van der Waals surface area (Å²) < 4.78 is 12.9. The van der Waals surface area contributed by atoms with Crippen LogP contribution < -0.4 is 5.73 Å². The maximum Gasteiger partial charge on any atom is 0.123 e. The van der Waals surface area contributed by atoms with Crippen molar-refractivity contribution < 1.29 is 4.39 Å². The number of nitrogens with zero attached hydrogens (tertiary/aromatic N) is 2. The number of aromatic nitrogens is 2. The van der Waals surface area contributed by atoms with Gasteiger partial charge in [-0.15, -0.1) is 0 Å². The molecule has 3 nitrogen and oxygen atoms in total. The molecule has 2 rings (SSSR count). The van der Waals surface area contributed by atoms with Crippen molar-refractivity contribution in [2.75, 3.05) is 0 Å². The van der Waals surface area contributed by atoms with Gasteiger partial charge in [-0.05, 0) is 17.7 Å². The first kappa shape index (κ1) is 12.6. The Labute approximate surface area is 106 Å². The Hall–Kier alpha value is -1.81. The molecule has 1 heterocycles. The molecule has 1 aromatic heterocycles. The minimum absolute atomic E-state index is 0.244. The lowest BCUT2D eigenvalue weighted by molar-refractivity contribution is 0.418. The predicted molar refractivity (Wildman–Crippen MR) is 68.4 cm³/mol. The van der Waals surface area contributed by atoms with E-state index in [4.69, 9.17) is 5.73 Å². The molecule has 0 amide bonds. The zero-order valence-electron chi connectivity index (χ0n) is 10.5. The van der Waals surface area contributed by atoms with Gasteiger partial charge in [-0.3, -0.25) is 0 Å². The molecule has 94 valence electrons. The van der Waals surface area contributed by atoms with Crippen LogP contribution in [0.3, 0.4) is 0 Å². The van der Waals surface area contributed by atoms with Crippen molar-refractivity contribution in [1.29, 1.82) is 0 Å². The van der Waals surface area contributed by atoms with Crippen molar-refractivity contribution in [1.82, 2.24) is 9.97 Å². The molecule has 1 atom stereocenters. The molecule has 0 spiro atoms. The minimum atomic E-state index is -0.321. The highest BCUT2D eigenvalue weighted by Crippen LogP contribution is 2.34. The molecule has 1 aromatic carbocycles. The summed E-state index contributed by atoms with van der Waals surface area (Å²) in [7, 11) is 0. The van der Waals surface area contributed by atoms with Crippen LogP contribution in [0.4, 0.5) is 4.39 Å². The van der Waals surface area contributed by atoms with E-state index in [2.05, 4.69) is 9.97 Å². The van der Waals surface area contributed by atoms with Crippen molar-refractivity contribution in [3.05, 3.63) is 59.9 Å². The van der Waals surface area contributed by atoms with Crippen LogP contribution in [0.5, 0.6) is 0 Å². The number of rotatable bonds is 3. The molecule has 18 heavy (non-hydrogen) atoms. The van der Waals surface area contributed by atoms with Gasteiger partial charge < -0.3 is 5.73 Å². The molecule has 0 aliphatic carbocycles. The predicted octanol–water partition coefficient (Wildman–Crippen LogP) is 2.59. The number of nitrogens with two attached hydrogens (primary N) is 1. The molecule has 0 aliphatic heterocycles. The highest BCUT2D eigenvalue weighted by molar-refractivity contribution is 5.29. The van der Waals surface area contributed by atoms with E-state index < -0.39 is 0 Å². The quantitative estimate of drug-likeness (QED) is 0.904. The van der Waals surface area contributed by atoms with E-state index in [1.807, 2.05) is 13.8 Å². The second-order valence-electron chi connectivity index (χ2n) is 4.88. The maximum atomic E-state index is 12.9. The molecular weight excluding hydrogens is 229 g/mol.